The fourth-order valence-electron chi connectivity index (χ4n) is 4.15. The molecule has 4 heterocycles. The van der Waals surface area contributed by atoms with Crippen molar-refractivity contribution in [3.8, 4) is 6.01 Å². The zero-order chi connectivity index (χ0) is 32.0. The number of hydrogen-bond donors (Lipinski definition) is 3. The predicted molar refractivity (Wildman–Crippen MR) is 158 cm³/mol. The molecule has 4 N–H and O–H groups in total. The van der Waals surface area contributed by atoms with Crippen LogP contribution in [0, 0.1) is 0 Å². The molecule has 3 amide bonds. The van der Waals surface area contributed by atoms with Crippen LogP contribution in [0.1, 0.15) is 31.9 Å². The highest BCUT2D eigenvalue weighted by Gasteiger charge is 2.23. The normalized spacial score (nSPS) is 13.0. The summed E-state index contributed by atoms with van der Waals surface area (Å²) in [6.07, 6.45) is 5.93. The van der Waals surface area contributed by atoms with Gasteiger partial charge in [0.1, 0.15) is 11.2 Å². The van der Waals surface area contributed by atoms with E-state index in [-0.39, 0.29) is 37.2 Å². The third-order valence-electron chi connectivity index (χ3n) is 6.51. The van der Waals surface area contributed by atoms with Crippen molar-refractivity contribution >= 4 is 34.7 Å². The van der Waals surface area contributed by atoms with Crippen LogP contribution in [-0.2, 0) is 41.7 Å². The Hall–Kier alpha value is -4.68. The van der Waals surface area contributed by atoms with Gasteiger partial charge >= 0.3 is 11.7 Å². The minimum absolute atomic E-state index is 0.0363. The number of carbonyl (C=O) groups is 3. The molecular weight excluding hydrogens is 592 g/mol. The number of ether oxygens (including phenoxy) is 4. The third-order valence-corrected chi connectivity index (χ3v) is 6.51. The maximum atomic E-state index is 12.6. The summed E-state index contributed by atoms with van der Waals surface area (Å²) >= 11 is 0. The molecule has 0 saturated heterocycles. The molecule has 0 aromatic carbocycles. The first kappa shape index (κ1) is 33.2. The largest absolute Gasteiger partial charge is 0.463 e. The van der Waals surface area contributed by atoms with Gasteiger partial charge in [-0.25, -0.2) is 9.48 Å². The second-order valence-corrected chi connectivity index (χ2v) is 9.88. The highest BCUT2D eigenvalue weighted by Crippen LogP contribution is 2.18. The monoisotopic (exact) mass is 630 g/mol. The van der Waals surface area contributed by atoms with Crippen LogP contribution in [0.2, 0.25) is 0 Å². The Balaban J connectivity index is 1.04. The van der Waals surface area contributed by atoms with Crippen LogP contribution in [-0.4, -0.2) is 116 Å². The Labute approximate surface area is 257 Å². The SMILES string of the molecule is CCCCOc1nc(N)c2[nH]c(=O)n(Cc3cn(CCOCCOCCOCCNC(=O)CCN4C(=O)C=CC4=O)nn3)c2n1. The maximum absolute atomic E-state index is 12.6. The number of imide groups is 1. The van der Waals surface area contributed by atoms with Crippen molar-refractivity contribution in [3.05, 3.63) is 34.5 Å². The number of aromatic amines is 1. The van der Waals surface area contributed by atoms with Crippen molar-refractivity contribution in [1.82, 2.24) is 44.7 Å². The number of nitrogens with zero attached hydrogens (tertiary/aromatic N) is 7. The molecule has 18 nitrogen and oxygen atoms in total. The number of imidazole rings is 1. The van der Waals surface area contributed by atoms with E-state index in [1.165, 1.54) is 16.7 Å². The van der Waals surface area contributed by atoms with Gasteiger partial charge in [0.25, 0.3) is 11.8 Å². The molecule has 1 aliphatic rings. The van der Waals surface area contributed by atoms with E-state index in [0.29, 0.717) is 76.2 Å². The van der Waals surface area contributed by atoms with Crippen LogP contribution in [0.5, 0.6) is 6.01 Å². The zero-order valence-electron chi connectivity index (χ0n) is 25.1. The Morgan fingerprint density at radius 2 is 1.67 bits per heavy atom. The number of nitrogen functional groups attached to an aromatic ring is 1. The van der Waals surface area contributed by atoms with Crippen molar-refractivity contribution < 1.29 is 33.3 Å². The molecule has 0 fully saturated rings. The molecule has 18 heteroatoms. The molecule has 4 rings (SSSR count). The Bertz CT molecular complexity index is 1510. The average Bonchev–Trinajstić information content (AvgIpc) is 3.70. The van der Waals surface area contributed by atoms with E-state index in [9.17, 15) is 19.2 Å². The number of amides is 3. The maximum Gasteiger partial charge on any atom is 0.328 e. The fraction of sp³-hybridized carbons (Fsp3) is 0.556. The summed E-state index contributed by atoms with van der Waals surface area (Å²) in [6.45, 7) is 5.60. The molecule has 244 valence electrons. The summed E-state index contributed by atoms with van der Waals surface area (Å²) in [6, 6.07) is 0.114. The smallest absolute Gasteiger partial charge is 0.328 e. The first-order valence-corrected chi connectivity index (χ1v) is 14.7. The lowest BCUT2D eigenvalue weighted by Crippen LogP contribution is -2.35. The van der Waals surface area contributed by atoms with Crippen LogP contribution in [0.15, 0.2) is 23.1 Å². The van der Waals surface area contributed by atoms with Gasteiger partial charge in [-0.3, -0.25) is 23.9 Å². The summed E-state index contributed by atoms with van der Waals surface area (Å²) < 4.78 is 25.1. The van der Waals surface area contributed by atoms with Gasteiger partial charge in [0.2, 0.25) is 5.91 Å². The summed E-state index contributed by atoms with van der Waals surface area (Å²) in [4.78, 5) is 59.5. The average molecular weight is 631 g/mol. The number of anilines is 1. The van der Waals surface area contributed by atoms with Crippen molar-refractivity contribution in [2.75, 3.05) is 65.1 Å². The van der Waals surface area contributed by atoms with Gasteiger partial charge in [0.05, 0.1) is 65.5 Å². The summed E-state index contributed by atoms with van der Waals surface area (Å²) in [5, 5.41) is 10.9. The molecule has 45 heavy (non-hydrogen) atoms. The van der Waals surface area contributed by atoms with E-state index in [0.717, 1.165) is 17.7 Å². The quantitative estimate of drug-likeness (QED) is 0.0950. The number of carbonyl (C=O) groups excluding carboxylic acids is 3. The second-order valence-electron chi connectivity index (χ2n) is 9.88. The Morgan fingerprint density at radius 1 is 0.956 bits per heavy atom. The van der Waals surface area contributed by atoms with Gasteiger partial charge in [-0.2, -0.15) is 9.97 Å². The molecule has 0 spiro atoms. The third kappa shape index (κ3) is 9.91. The van der Waals surface area contributed by atoms with Gasteiger partial charge in [-0.05, 0) is 6.42 Å². The number of fused-ring (bicyclic) bond motifs is 1. The summed E-state index contributed by atoms with van der Waals surface area (Å²) in [7, 11) is 0. The first-order valence-electron chi connectivity index (χ1n) is 14.7. The van der Waals surface area contributed by atoms with Crippen LogP contribution >= 0.6 is 0 Å². The van der Waals surface area contributed by atoms with E-state index in [1.807, 2.05) is 6.92 Å². The molecule has 1 aliphatic heterocycles. The lowest BCUT2D eigenvalue weighted by molar-refractivity contribution is -0.137. The summed E-state index contributed by atoms with van der Waals surface area (Å²) in [5.41, 5.74) is 6.83. The molecular formula is C27H38N10O8. The van der Waals surface area contributed by atoms with Crippen molar-refractivity contribution in [1.29, 1.82) is 0 Å². The molecule has 0 unspecified atom stereocenters. The zero-order valence-corrected chi connectivity index (χ0v) is 25.1. The van der Waals surface area contributed by atoms with E-state index < -0.39 is 17.5 Å². The van der Waals surface area contributed by atoms with Crippen LogP contribution < -0.4 is 21.5 Å². The molecule has 0 radical (unpaired) electrons. The topological polar surface area (TPSA) is 224 Å². The van der Waals surface area contributed by atoms with Gasteiger partial charge in [0.15, 0.2) is 11.5 Å². The number of hydrogen-bond acceptors (Lipinski definition) is 13. The van der Waals surface area contributed by atoms with Gasteiger partial charge < -0.3 is 35.0 Å². The Morgan fingerprint density at radius 3 is 2.40 bits per heavy atom. The van der Waals surface area contributed by atoms with Gasteiger partial charge in [-0.15, -0.1) is 5.10 Å². The highest BCUT2D eigenvalue weighted by molar-refractivity contribution is 6.13. The Kier molecular flexibility index (Phi) is 12.5. The van der Waals surface area contributed by atoms with Crippen LogP contribution in [0.4, 0.5) is 5.82 Å². The number of nitrogens with two attached hydrogens (primary N) is 1. The van der Waals surface area contributed by atoms with Crippen molar-refractivity contribution in [3.63, 3.8) is 0 Å². The van der Waals surface area contributed by atoms with Gasteiger partial charge in [0, 0.05) is 31.7 Å². The van der Waals surface area contributed by atoms with E-state index in [4.69, 9.17) is 24.7 Å². The number of aromatic nitrogens is 7. The molecule has 0 atom stereocenters. The van der Waals surface area contributed by atoms with E-state index in [2.05, 4.69) is 30.6 Å². The van der Waals surface area contributed by atoms with E-state index >= 15 is 0 Å². The molecule has 0 aliphatic carbocycles. The van der Waals surface area contributed by atoms with Gasteiger partial charge in [-0.1, -0.05) is 18.6 Å². The minimum Gasteiger partial charge on any atom is -0.463 e. The number of H-pyrrole nitrogens is 1. The molecule has 3 aromatic rings. The van der Waals surface area contributed by atoms with Crippen LogP contribution in [0.25, 0.3) is 11.2 Å². The van der Waals surface area contributed by atoms with Crippen molar-refractivity contribution in [2.45, 2.75) is 39.3 Å². The second kappa shape index (κ2) is 17.0. The molecule has 0 bridgehead atoms. The van der Waals surface area contributed by atoms with Crippen molar-refractivity contribution in [2.24, 2.45) is 0 Å². The standard InChI is InChI=1S/C27H38N10O8/c1-2-3-10-45-26-31-24(28)23-25(32-26)37(27(41)30-23)18-19-17-35(34-33-19)9-12-43-14-16-44-15-13-42-11-7-29-20(38)6-8-36-21(39)4-5-22(36)40/h4-5,17H,2-3,6-16,18H2,1H3,(H,29,38)(H,30,41)(H2,28,31,32). The molecule has 0 saturated carbocycles. The number of nitrogens with one attached hydrogen (secondary N) is 2. The number of rotatable bonds is 21. The summed E-state index contributed by atoms with van der Waals surface area (Å²) in [5.74, 6) is -0.956. The number of unbranched alkanes of at least 4 members (excludes halogenated alkanes) is 1. The molecule has 3 aromatic heterocycles. The fourth-order valence-corrected chi connectivity index (χ4v) is 4.15. The van der Waals surface area contributed by atoms with E-state index in [1.54, 1.807) is 10.9 Å². The lowest BCUT2D eigenvalue weighted by Gasteiger charge is -2.13. The minimum atomic E-state index is -0.408. The highest BCUT2D eigenvalue weighted by atomic mass is 16.5. The first-order chi connectivity index (χ1) is 21.9. The lowest BCUT2D eigenvalue weighted by atomic mass is 10.3. The predicted octanol–water partition coefficient (Wildman–Crippen LogP) is -0.998. The van der Waals surface area contributed by atoms with Crippen LogP contribution in [0.3, 0.4) is 0 Å².